The number of benzene rings is 1. The molecule has 4 nitrogen and oxygen atoms in total. The summed E-state index contributed by atoms with van der Waals surface area (Å²) in [6.45, 7) is 5.79. The van der Waals surface area contributed by atoms with Crippen LogP contribution in [0.25, 0.3) is 0 Å². The van der Waals surface area contributed by atoms with Crippen LogP contribution in [0.1, 0.15) is 25.3 Å². The van der Waals surface area contributed by atoms with Crippen molar-refractivity contribution in [2.75, 3.05) is 5.32 Å². The minimum Gasteiger partial charge on any atom is -0.383 e. The highest BCUT2D eigenvalue weighted by Crippen LogP contribution is 2.13. The van der Waals surface area contributed by atoms with E-state index in [1.807, 2.05) is 18.2 Å². The molecule has 0 bridgehead atoms. The number of nitrogens with one attached hydrogen (secondary N) is 1. The summed E-state index contributed by atoms with van der Waals surface area (Å²) in [5.41, 5.74) is 1.67. The van der Waals surface area contributed by atoms with Crippen molar-refractivity contribution in [3.05, 3.63) is 42.5 Å². The second-order valence-electron chi connectivity index (χ2n) is 4.42. The van der Waals surface area contributed by atoms with Crippen LogP contribution < -0.4 is 10.5 Å². The summed E-state index contributed by atoms with van der Waals surface area (Å²) in [4.78, 5) is 0. The molecular formula is C13H20N2O2S. The van der Waals surface area contributed by atoms with E-state index in [-0.39, 0.29) is 5.75 Å². The van der Waals surface area contributed by atoms with E-state index >= 15 is 0 Å². The van der Waals surface area contributed by atoms with Crippen LogP contribution in [0.15, 0.2) is 36.9 Å². The Labute approximate surface area is 109 Å². The van der Waals surface area contributed by atoms with Gasteiger partial charge in [0.25, 0.3) is 0 Å². The summed E-state index contributed by atoms with van der Waals surface area (Å²) in [6.07, 6.45) is 3.88. The van der Waals surface area contributed by atoms with Gasteiger partial charge in [-0.05, 0) is 37.5 Å². The standard InChI is InChI=1S/C13H20N2O2S/c1-3-4-5-11(2)15-13-8-6-12(7-9-13)10-18(14,16)17/h3,6-9,11,15H,1,4-5,10H2,2H3,(H2,14,16,17). The SMILES string of the molecule is C=CCCC(C)Nc1ccc(CS(N)(=O)=O)cc1. The third-order valence-electron chi connectivity index (χ3n) is 2.54. The molecule has 1 rings (SSSR count). The highest BCUT2D eigenvalue weighted by molar-refractivity contribution is 7.88. The molecular weight excluding hydrogens is 248 g/mol. The molecule has 18 heavy (non-hydrogen) atoms. The summed E-state index contributed by atoms with van der Waals surface area (Å²) in [5.74, 6) is -0.126. The van der Waals surface area contributed by atoms with E-state index < -0.39 is 10.0 Å². The molecule has 0 spiro atoms. The number of allylic oxidation sites excluding steroid dienone is 1. The van der Waals surface area contributed by atoms with Gasteiger partial charge in [-0.15, -0.1) is 6.58 Å². The van der Waals surface area contributed by atoms with E-state index in [0.29, 0.717) is 11.6 Å². The van der Waals surface area contributed by atoms with Crippen LogP contribution >= 0.6 is 0 Å². The number of hydrogen-bond donors (Lipinski definition) is 2. The Morgan fingerprint density at radius 2 is 2.00 bits per heavy atom. The smallest absolute Gasteiger partial charge is 0.213 e. The van der Waals surface area contributed by atoms with Crippen molar-refractivity contribution in [3.63, 3.8) is 0 Å². The first-order valence-electron chi connectivity index (χ1n) is 5.87. The average molecular weight is 268 g/mol. The fraction of sp³-hybridized carbons (Fsp3) is 0.385. The van der Waals surface area contributed by atoms with E-state index in [1.165, 1.54) is 0 Å². The summed E-state index contributed by atoms with van der Waals surface area (Å²) in [6, 6.07) is 7.63. The highest BCUT2D eigenvalue weighted by Gasteiger charge is 2.05. The van der Waals surface area contributed by atoms with Crippen LogP contribution in [0, 0.1) is 0 Å². The lowest BCUT2D eigenvalue weighted by molar-refractivity contribution is 0.597. The molecule has 5 heteroatoms. The lowest BCUT2D eigenvalue weighted by atomic mass is 10.1. The molecule has 0 saturated heterocycles. The zero-order valence-electron chi connectivity index (χ0n) is 10.6. The minimum atomic E-state index is -3.46. The normalized spacial score (nSPS) is 13.0. The molecule has 1 aromatic carbocycles. The van der Waals surface area contributed by atoms with E-state index in [9.17, 15) is 8.42 Å². The topological polar surface area (TPSA) is 72.2 Å². The summed E-state index contributed by atoms with van der Waals surface area (Å²) in [5, 5.41) is 8.33. The largest absolute Gasteiger partial charge is 0.383 e. The molecule has 1 unspecified atom stereocenters. The fourth-order valence-corrected chi connectivity index (χ4v) is 2.31. The fourth-order valence-electron chi connectivity index (χ4n) is 1.65. The predicted octanol–water partition coefficient (Wildman–Crippen LogP) is 2.24. The second-order valence-corrected chi connectivity index (χ2v) is 6.03. The summed E-state index contributed by atoms with van der Waals surface area (Å²) < 4.78 is 21.9. The van der Waals surface area contributed by atoms with E-state index in [4.69, 9.17) is 5.14 Å². The quantitative estimate of drug-likeness (QED) is 0.745. The molecule has 0 aliphatic heterocycles. The first kappa shape index (κ1) is 14.7. The van der Waals surface area contributed by atoms with Crippen LogP contribution in [-0.4, -0.2) is 14.5 Å². The van der Waals surface area contributed by atoms with Crippen molar-refractivity contribution >= 4 is 15.7 Å². The molecule has 0 amide bonds. The van der Waals surface area contributed by atoms with E-state index in [0.717, 1.165) is 18.5 Å². The van der Waals surface area contributed by atoms with Crippen LogP contribution in [0.4, 0.5) is 5.69 Å². The van der Waals surface area contributed by atoms with Gasteiger partial charge in [-0.2, -0.15) is 0 Å². The van der Waals surface area contributed by atoms with Gasteiger partial charge in [0.2, 0.25) is 10.0 Å². The van der Waals surface area contributed by atoms with E-state index in [1.54, 1.807) is 12.1 Å². The Morgan fingerprint density at radius 1 is 1.39 bits per heavy atom. The molecule has 1 aromatic rings. The van der Waals surface area contributed by atoms with Crippen molar-refractivity contribution in [1.82, 2.24) is 0 Å². The number of sulfonamides is 1. The molecule has 0 aromatic heterocycles. The Morgan fingerprint density at radius 3 is 2.50 bits per heavy atom. The van der Waals surface area contributed by atoms with Gasteiger partial charge < -0.3 is 5.32 Å². The van der Waals surface area contributed by atoms with Crippen LogP contribution in [0.2, 0.25) is 0 Å². The summed E-state index contributed by atoms with van der Waals surface area (Å²) in [7, 11) is -3.46. The van der Waals surface area contributed by atoms with Gasteiger partial charge in [0, 0.05) is 11.7 Å². The van der Waals surface area contributed by atoms with Crippen LogP contribution in [0.3, 0.4) is 0 Å². The van der Waals surface area contributed by atoms with Gasteiger partial charge >= 0.3 is 0 Å². The molecule has 100 valence electrons. The first-order chi connectivity index (χ1) is 8.40. The molecule has 0 fully saturated rings. The van der Waals surface area contributed by atoms with Crippen molar-refractivity contribution in [2.24, 2.45) is 5.14 Å². The third kappa shape index (κ3) is 5.84. The monoisotopic (exact) mass is 268 g/mol. The predicted molar refractivity (Wildman–Crippen MR) is 75.8 cm³/mol. The van der Waals surface area contributed by atoms with Crippen molar-refractivity contribution in [1.29, 1.82) is 0 Å². The van der Waals surface area contributed by atoms with Gasteiger partial charge in [-0.25, -0.2) is 13.6 Å². The van der Waals surface area contributed by atoms with Gasteiger partial charge in [0.1, 0.15) is 0 Å². The van der Waals surface area contributed by atoms with Gasteiger partial charge in [0.05, 0.1) is 5.75 Å². The van der Waals surface area contributed by atoms with Gasteiger partial charge in [0.15, 0.2) is 0 Å². The van der Waals surface area contributed by atoms with Crippen molar-refractivity contribution in [3.8, 4) is 0 Å². The van der Waals surface area contributed by atoms with Crippen molar-refractivity contribution < 1.29 is 8.42 Å². The maximum atomic E-state index is 10.9. The maximum absolute atomic E-state index is 10.9. The lowest BCUT2D eigenvalue weighted by Crippen LogP contribution is -2.15. The molecule has 3 N–H and O–H groups in total. The van der Waals surface area contributed by atoms with Gasteiger partial charge in [-0.3, -0.25) is 0 Å². The molecule has 0 saturated carbocycles. The number of anilines is 1. The Hall–Kier alpha value is -1.33. The maximum Gasteiger partial charge on any atom is 0.213 e. The van der Waals surface area contributed by atoms with Crippen molar-refractivity contribution in [2.45, 2.75) is 31.6 Å². The average Bonchev–Trinajstić information content (AvgIpc) is 2.27. The molecule has 0 aliphatic carbocycles. The molecule has 1 atom stereocenters. The number of nitrogens with two attached hydrogens (primary N) is 1. The third-order valence-corrected chi connectivity index (χ3v) is 3.27. The lowest BCUT2D eigenvalue weighted by Gasteiger charge is -2.14. The van der Waals surface area contributed by atoms with E-state index in [2.05, 4.69) is 18.8 Å². The first-order valence-corrected chi connectivity index (χ1v) is 7.59. The van der Waals surface area contributed by atoms with Gasteiger partial charge in [-0.1, -0.05) is 18.2 Å². The Bertz CT molecular complexity index is 480. The zero-order valence-corrected chi connectivity index (χ0v) is 11.4. The number of rotatable bonds is 7. The second kappa shape index (κ2) is 6.56. The van der Waals surface area contributed by atoms with Crippen LogP contribution in [0.5, 0.6) is 0 Å². The summed E-state index contributed by atoms with van der Waals surface area (Å²) >= 11 is 0. The minimum absolute atomic E-state index is 0.126. The highest BCUT2D eigenvalue weighted by atomic mass is 32.2. The zero-order chi connectivity index (χ0) is 13.6. The molecule has 0 aliphatic rings. The Kier molecular flexibility index (Phi) is 5.37. The Balaban J connectivity index is 2.57. The number of primary sulfonamides is 1. The number of hydrogen-bond acceptors (Lipinski definition) is 3. The van der Waals surface area contributed by atoms with Crippen LogP contribution in [-0.2, 0) is 15.8 Å². The molecule has 0 heterocycles. The molecule has 0 radical (unpaired) electrons.